The molecule has 0 aromatic carbocycles. The zero-order chi connectivity index (χ0) is 12.0. The zero-order valence-electron chi connectivity index (χ0n) is 10.5. The van der Waals surface area contributed by atoms with Crippen LogP contribution in [0.1, 0.15) is 45.5 Å². The highest BCUT2D eigenvalue weighted by molar-refractivity contribution is 7.15. The SMILES string of the molecule is CCCNc1nnc(COC(C)(C)CC)s1. The average molecular weight is 243 g/mol. The van der Waals surface area contributed by atoms with Gasteiger partial charge in [0.1, 0.15) is 11.6 Å². The van der Waals surface area contributed by atoms with Crippen LogP contribution in [0.25, 0.3) is 0 Å². The van der Waals surface area contributed by atoms with Gasteiger partial charge in [-0.3, -0.25) is 0 Å². The quantitative estimate of drug-likeness (QED) is 0.799. The summed E-state index contributed by atoms with van der Waals surface area (Å²) >= 11 is 1.57. The molecule has 1 aromatic rings. The Morgan fingerprint density at radius 1 is 1.31 bits per heavy atom. The minimum absolute atomic E-state index is 0.0807. The molecule has 0 bridgehead atoms. The van der Waals surface area contributed by atoms with Crippen LogP contribution in [0.4, 0.5) is 5.13 Å². The Morgan fingerprint density at radius 3 is 2.69 bits per heavy atom. The Bertz CT molecular complexity index is 312. The first-order valence-corrected chi connectivity index (χ1v) is 6.59. The van der Waals surface area contributed by atoms with Gasteiger partial charge >= 0.3 is 0 Å². The maximum Gasteiger partial charge on any atom is 0.205 e. The summed E-state index contributed by atoms with van der Waals surface area (Å²) in [7, 11) is 0. The number of aromatic nitrogens is 2. The maximum absolute atomic E-state index is 5.76. The highest BCUT2D eigenvalue weighted by Crippen LogP contribution is 2.20. The largest absolute Gasteiger partial charge is 0.368 e. The van der Waals surface area contributed by atoms with Crippen molar-refractivity contribution in [2.45, 2.75) is 52.7 Å². The third-order valence-corrected chi connectivity index (χ3v) is 3.29. The number of hydrogen-bond donors (Lipinski definition) is 1. The monoisotopic (exact) mass is 243 g/mol. The first kappa shape index (κ1) is 13.4. The van der Waals surface area contributed by atoms with Crippen LogP contribution < -0.4 is 5.32 Å². The van der Waals surface area contributed by atoms with Crippen molar-refractivity contribution in [2.24, 2.45) is 0 Å². The molecule has 0 saturated carbocycles. The van der Waals surface area contributed by atoms with Gasteiger partial charge in [-0.25, -0.2) is 0 Å². The number of ether oxygens (including phenoxy) is 1. The molecule has 1 heterocycles. The van der Waals surface area contributed by atoms with Crippen molar-refractivity contribution in [1.82, 2.24) is 10.2 Å². The molecule has 5 heteroatoms. The molecule has 0 fully saturated rings. The van der Waals surface area contributed by atoms with Crippen LogP contribution in [0.5, 0.6) is 0 Å². The molecule has 1 aromatic heterocycles. The molecule has 4 nitrogen and oxygen atoms in total. The van der Waals surface area contributed by atoms with Crippen LogP contribution >= 0.6 is 11.3 Å². The second-order valence-corrected chi connectivity index (χ2v) is 5.39. The van der Waals surface area contributed by atoms with Gasteiger partial charge in [-0.1, -0.05) is 25.2 Å². The summed E-state index contributed by atoms with van der Waals surface area (Å²) in [6, 6.07) is 0. The fraction of sp³-hybridized carbons (Fsp3) is 0.818. The Kier molecular flexibility index (Phi) is 5.15. The maximum atomic E-state index is 5.76. The van der Waals surface area contributed by atoms with E-state index >= 15 is 0 Å². The van der Waals surface area contributed by atoms with Gasteiger partial charge < -0.3 is 10.1 Å². The molecule has 0 amide bonds. The molecule has 16 heavy (non-hydrogen) atoms. The van der Waals surface area contributed by atoms with Gasteiger partial charge in [0, 0.05) is 6.54 Å². The van der Waals surface area contributed by atoms with Crippen molar-refractivity contribution in [3.8, 4) is 0 Å². The lowest BCUT2D eigenvalue weighted by Crippen LogP contribution is -2.22. The first-order chi connectivity index (χ1) is 7.57. The molecule has 0 spiro atoms. The summed E-state index contributed by atoms with van der Waals surface area (Å²) in [4.78, 5) is 0. The van der Waals surface area contributed by atoms with E-state index in [1.165, 1.54) is 0 Å². The van der Waals surface area contributed by atoms with Crippen molar-refractivity contribution in [3.05, 3.63) is 5.01 Å². The van der Waals surface area contributed by atoms with E-state index in [0.29, 0.717) is 6.61 Å². The standard InChI is InChI=1S/C11H21N3OS/c1-5-7-12-10-14-13-9(16-10)8-15-11(3,4)6-2/h5-8H2,1-4H3,(H,12,14). The summed E-state index contributed by atoms with van der Waals surface area (Å²) in [6.45, 7) is 9.91. The van der Waals surface area contributed by atoms with Crippen molar-refractivity contribution in [2.75, 3.05) is 11.9 Å². The Balaban J connectivity index is 2.40. The summed E-state index contributed by atoms with van der Waals surface area (Å²) in [5.74, 6) is 0. The Hall–Kier alpha value is -0.680. The van der Waals surface area contributed by atoms with Crippen molar-refractivity contribution in [1.29, 1.82) is 0 Å². The minimum atomic E-state index is -0.0807. The van der Waals surface area contributed by atoms with Gasteiger partial charge in [-0.15, -0.1) is 10.2 Å². The van der Waals surface area contributed by atoms with Crippen LogP contribution in [0.2, 0.25) is 0 Å². The molecule has 0 atom stereocenters. The summed E-state index contributed by atoms with van der Waals surface area (Å²) in [5.41, 5.74) is -0.0807. The van der Waals surface area contributed by atoms with E-state index in [0.717, 1.165) is 29.5 Å². The van der Waals surface area contributed by atoms with Crippen LogP contribution in [0.3, 0.4) is 0 Å². The van der Waals surface area contributed by atoms with Gasteiger partial charge in [0.25, 0.3) is 0 Å². The van der Waals surface area contributed by atoms with Gasteiger partial charge in [-0.05, 0) is 26.7 Å². The fourth-order valence-electron chi connectivity index (χ4n) is 0.974. The number of nitrogens with zero attached hydrogens (tertiary/aromatic N) is 2. The van der Waals surface area contributed by atoms with E-state index in [1.807, 2.05) is 0 Å². The molecule has 0 unspecified atom stereocenters. The Morgan fingerprint density at radius 2 is 2.06 bits per heavy atom. The number of hydrogen-bond acceptors (Lipinski definition) is 5. The first-order valence-electron chi connectivity index (χ1n) is 5.77. The molecule has 0 saturated heterocycles. The van der Waals surface area contributed by atoms with Gasteiger partial charge in [0.05, 0.1) is 5.60 Å². The highest BCUT2D eigenvalue weighted by Gasteiger charge is 2.16. The normalized spacial score (nSPS) is 11.8. The topological polar surface area (TPSA) is 47.0 Å². The molecule has 92 valence electrons. The molecule has 0 radical (unpaired) electrons. The van der Waals surface area contributed by atoms with E-state index in [1.54, 1.807) is 11.3 Å². The van der Waals surface area contributed by atoms with E-state index < -0.39 is 0 Å². The third kappa shape index (κ3) is 4.45. The molecular weight excluding hydrogens is 222 g/mol. The van der Waals surface area contributed by atoms with E-state index in [-0.39, 0.29) is 5.60 Å². The fourth-order valence-corrected chi connectivity index (χ4v) is 1.65. The van der Waals surface area contributed by atoms with Crippen molar-refractivity contribution >= 4 is 16.5 Å². The smallest absolute Gasteiger partial charge is 0.205 e. The molecule has 0 aliphatic heterocycles. The number of nitrogens with one attached hydrogen (secondary N) is 1. The van der Waals surface area contributed by atoms with Gasteiger partial charge in [-0.2, -0.15) is 0 Å². The third-order valence-electron chi connectivity index (χ3n) is 2.43. The van der Waals surface area contributed by atoms with Crippen LogP contribution in [-0.4, -0.2) is 22.3 Å². The lowest BCUT2D eigenvalue weighted by Gasteiger charge is -2.22. The molecule has 0 aliphatic rings. The second-order valence-electron chi connectivity index (χ2n) is 4.33. The predicted molar refractivity (Wildman–Crippen MR) is 67.8 cm³/mol. The van der Waals surface area contributed by atoms with Crippen LogP contribution in [0, 0.1) is 0 Å². The van der Waals surface area contributed by atoms with Crippen LogP contribution in [-0.2, 0) is 11.3 Å². The molecular formula is C11H21N3OS. The van der Waals surface area contributed by atoms with E-state index in [2.05, 4.69) is 43.2 Å². The van der Waals surface area contributed by atoms with E-state index in [9.17, 15) is 0 Å². The highest BCUT2D eigenvalue weighted by atomic mass is 32.1. The van der Waals surface area contributed by atoms with Gasteiger partial charge in [0.15, 0.2) is 0 Å². The summed E-state index contributed by atoms with van der Waals surface area (Å²) < 4.78 is 5.76. The lowest BCUT2D eigenvalue weighted by atomic mass is 10.1. The summed E-state index contributed by atoms with van der Waals surface area (Å²) in [6.07, 6.45) is 2.08. The number of anilines is 1. The number of rotatable bonds is 7. The van der Waals surface area contributed by atoms with Crippen LogP contribution in [0.15, 0.2) is 0 Å². The Labute approximate surface area is 101 Å². The summed E-state index contributed by atoms with van der Waals surface area (Å²) in [5, 5.41) is 13.2. The van der Waals surface area contributed by atoms with Crippen molar-refractivity contribution in [3.63, 3.8) is 0 Å². The lowest BCUT2D eigenvalue weighted by molar-refractivity contribution is -0.0318. The predicted octanol–water partition coefficient (Wildman–Crippen LogP) is 3.07. The second kappa shape index (κ2) is 6.15. The molecule has 1 rings (SSSR count). The minimum Gasteiger partial charge on any atom is -0.368 e. The average Bonchev–Trinajstić information content (AvgIpc) is 2.72. The van der Waals surface area contributed by atoms with Crippen molar-refractivity contribution < 1.29 is 4.74 Å². The zero-order valence-corrected chi connectivity index (χ0v) is 11.4. The van der Waals surface area contributed by atoms with Gasteiger partial charge in [0.2, 0.25) is 5.13 Å². The van der Waals surface area contributed by atoms with E-state index in [4.69, 9.17) is 4.74 Å². The molecule has 1 N–H and O–H groups in total. The molecule has 0 aliphatic carbocycles.